The van der Waals surface area contributed by atoms with Crippen molar-refractivity contribution in [2.75, 3.05) is 6.79 Å². The number of alkyl halides is 3. The van der Waals surface area contributed by atoms with Crippen LogP contribution in [0.1, 0.15) is 31.4 Å². The first kappa shape index (κ1) is 23.9. The van der Waals surface area contributed by atoms with Crippen molar-refractivity contribution >= 4 is 15.9 Å². The minimum Gasteiger partial charge on any atom is -0.454 e. The highest BCUT2D eigenvalue weighted by Crippen LogP contribution is 2.32. The second kappa shape index (κ2) is 9.37. The van der Waals surface area contributed by atoms with Crippen molar-refractivity contribution < 1.29 is 35.9 Å². The van der Waals surface area contributed by atoms with Gasteiger partial charge in [-0.1, -0.05) is 26.0 Å². The largest absolute Gasteiger partial charge is 0.454 e. The third-order valence-electron chi connectivity index (χ3n) is 4.70. The number of halogens is 3. The summed E-state index contributed by atoms with van der Waals surface area (Å²) < 4.78 is 77.1. The summed E-state index contributed by atoms with van der Waals surface area (Å²) in [5, 5.41) is 2.66. The lowest BCUT2D eigenvalue weighted by Crippen LogP contribution is -2.47. The molecule has 1 aliphatic heterocycles. The van der Waals surface area contributed by atoms with E-state index in [1.807, 2.05) is 0 Å². The molecule has 0 saturated heterocycles. The molecule has 32 heavy (non-hydrogen) atoms. The summed E-state index contributed by atoms with van der Waals surface area (Å²) in [4.78, 5) is 12.2. The van der Waals surface area contributed by atoms with Crippen molar-refractivity contribution in [3.8, 4) is 11.5 Å². The maximum Gasteiger partial charge on any atom is 0.416 e. The van der Waals surface area contributed by atoms with E-state index in [4.69, 9.17) is 9.47 Å². The third kappa shape index (κ3) is 5.92. The van der Waals surface area contributed by atoms with Gasteiger partial charge in [0.25, 0.3) is 0 Å². The molecule has 1 heterocycles. The number of hydrogen-bond donors (Lipinski definition) is 2. The maximum absolute atomic E-state index is 13.0. The molecule has 3 rings (SSSR count). The van der Waals surface area contributed by atoms with Gasteiger partial charge in [-0.15, -0.1) is 0 Å². The van der Waals surface area contributed by atoms with Crippen LogP contribution in [0, 0.1) is 5.92 Å². The first-order valence-corrected chi connectivity index (χ1v) is 11.3. The Bertz CT molecular complexity index is 1090. The first-order valence-electron chi connectivity index (χ1n) is 9.81. The quantitative estimate of drug-likeness (QED) is 0.614. The highest BCUT2D eigenvalue weighted by molar-refractivity contribution is 7.89. The molecule has 174 valence electrons. The van der Waals surface area contributed by atoms with E-state index in [1.165, 1.54) is 0 Å². The van der Waals surface area contributed by atoms with Crippen LogP contribution >= 0.6 is 0 Å². The Labute approximate surface area is 184 Å². The fourth-order valence-electron chi connectivity index (χ4n) is 3.14. The van der Waals surface area contributed by atoms with Gasteiger partial charge in [-0.05, 0) is 48.2 Å². The summed E-state index contributed by atoms with van der Waals surface area (Å²) in [6, 6.07) is 7.35. The molecule has 2 aromatic carbocycles. The molecule has 0 unspecified atom stereocenters. The normalized spacial score (nSPS) is 14.4. The minimum atomic E-state index is -4.69. The van der Waals surface area contributed by atoms with E-state index < -0.39 is 38.6 Å². The number of sulfonamides is 1. The summed E-state index contributed by atoms with van der Waals surface area (Å²) in [5.41, 5.74) is -0.375. The van der Waals surface area contributed by atoms with Gasteiger partial charge in [0.2, 0.25) is 22.7 Å². The molecular formula is C21H23F3N2O5S. The highest BCUT2D eigenvalue weighted by Gasteiger charge is 2.33. The van der Waals surface area contributed by atoms with E-state index >= 15 is 0 Å². The summed E-state index contributed by atoms with van der Waals surface area (Å²) in [6.45, 7) is 3.82. The first-order chi connectivity index (χ1) is 15.0. The predicted octanol–water partition coefficient (Wildman–Crippen LogP) is 3.44. The summed E-state index contributed by atoms with van der Waals surface area (Å²) in [5.74, 6) is 0.486. The van der Waals surface area contributed by atoms with E-state index in [9.17, 15) is 26.4 Å². The van der Waals surface area contributed by atoms with Crippen LogP contribution in [0.5, 0.6) is 11.5 Å². The molecule has 11 heteroatoms. The average Bonchev–Trinajstić information content (AvgIpc) is 3.18. The molecule has 7 nitrogen and oxygen atoms in total. The molecule has 1 aliphatic rings. The van der Waals surface area contributed by atoms with Crippen molar-refractivity contribution in [2.24, 2.45) is 5.92 Å². The van der Waals surface area contributed by atoms with Crippen LogP contribution in [0.2, 0.25) is 0 Å². The molecule has 0 spiro atoms. The number of amides is 1. The Morgan fingerprint density at radius 1 is 1.09 bits per heavy atom. The average molecular weight is 472 g/mol. The van der Waals surface area contributed by atoms with Crippen LogP contribution < -0.4 is 19.5 Å². The van der Waals surface area contributed by atoms with Gasteiger partial charge in [-0.25, -0.2) is 8.42 Å². The Kier molecular flexibility index (Phi) is 6.99. The predicted molar refractivity (Wildman–Crippen MR) is 109 cm³/mol. The number of carbonyl (C=O) groups is 1. The van der Waals surface area contributed by atoms with Crippen LogP contribution in [0.25, 0.3) is 0 Å². The summed E-state index contributed by atoms with van der Waals surface area (Å²) in [6.07, 6.45) is -4.53. The van der Waals surface area contributed by atoms with Gasteiger partial charge >= 0.3 is 6.18 Å². The van der Waals surface area contributed by atoms with Crippen molar-refractivity contribution in [2.45, 2.75) is 43.9 Å². The monoisotopic (exact) mass is 472 g/mol. The number of benzene rings is 2. The van der Waals surface area contributed by atoms with Crippen molar-refractivity contribution in [3.63, 3.8) is 0 Å². The molecular weight excluding hydrogens is 449 g/mol. The van der Waals surface area contributed by atoms with Gasteiger partial charge in [0.05, 0.1) is 10.5 Å². The number of rotatable bonds is 8. The Balaban J connectivity index is 1.73. The van der Waals surface area contributed by atoms with Crippen LogP contribution in [-0.4, -0.2) is 27.2 Å². The second-order valence-electron chi connectivity index (χ2n) is 7.73. The molecule has 0 saturated carbocycles. The standard InChI is InChI=1S/C21H23F3N2O5S/c1-13(2)8-17(20(27)25-11-14-6-7-18-19(9-14)31-12-30-18)26-32(28,29)16-5-3-4-15(10-16)21(22,23)24/h3-7,9-10,13,17,26H,8,11-12H2,1-2H3,(H,25,27)/t17-/m1/s1. The number of ether oxygens (including phenoxy) is 2. The Morgan fingerprint density at radius 3 is 2.50 bits per heavy atom. The molecule has 0 aromatic heterocycles. The molecule has 2 N–H and O–H groups in total. The van der Waals surface area contributed by atoms with Gasteiger partial charge < -0.3 is 14.8 Å². The maximum atomic E-state index is 13.0. The molecule has 0 fully saturated rings. The number of nitrogens with one attached hydrogen (secondary N) is 2. The van der Waals surface area contributed by atoms with E-state index in [0.717, 1.165) is 18.2 Å². The molecule has 1 amide bonds. The fourth-order valence-corrected chi connectivity index (χ4v) is 4.39. The zero-order valence-electron chi connectivity index (χ0n) is 17.4. The third-order valence-corrected chi connectivity index (χ3v) is 6.17. The Morgan fingerprint density at radius 2 is 1.81 bits per heavy atom. The lowest BCUT2D eigenvalue weighted by atomic mass is 10.0. The van der Waals surface area contributed by atoms with Crippen LogP contribution in [-0.2, 0) is 27.5 Å². The van der Waals surface area contributed by atoms with Gasteiger partial charge in [0, 0.05) is 6.54 Å². The van der Waals surface area contributed by atoms with Crippen molar-refractivity contribution in [1.82, 2.24) is 10.0 Å². The zero-order chi connectivity index (χ0) is 23.5. The second-order valence-corrected chi connectivity index (χ2v) is 9.45. The molecule has 0 radical (unpaired) electrons. The topological polar surface area (TPSA) is 93.7 Å². The van der Waals surface area contributed by atoms with Gasteiger partial charge in [-0.2, -0.15) is 17.9 Å². The summed E-state index contributed by atoms with van der Waals surface area (Å²) in [7, 11) is -4.37. The lowest BCUT2D eigenvalue weighted by molar-refractivity contribution is -0.137. The Hall–Kier alpha value is -2.79. The minimum absolute atomic E-state index is 0.0551. The molecule has 0 aliphatic carbocycles. The van der Waals surface area contributed by atoms with Gasteiger partial charge in [-0.3, -0.25) is 4.79 Å². The molecule has 0 bridgehead atoms. The number of hydrogen-bond acceptors (Lipinski definition) is 5. The van der Waals surface area contributed by atoms with Gasteiger partial charge in [0.15, 0.2) is 11.5 Å². The lowest BCUT2D eigenvalue weighted by Gasteiger charge is -2.20. The fraction of sp³-hybridized carbons (Fsp3) is 0.381. The zero-order valence-corrected chi connectivity index (χ0v) is 18.2. The van der Waals surface area contributed by atoms with E-state index in [2.05, 4.69) is 10.0 Å². The van der Waals surface area contributed by atoms with Crippen LogP contribution in [0.15, 0.2) is 47.4 Å². The summed E-state index contributed by atoms with van der Waals surface area (Å²) >= 11 is 0. The van der Waals surface area contributed by atoms with Crippen LogP contribution in [0.3, 0.4) is 0 Å². The van der Waals surface area contributed by atoms with E-state index in [1.54, 1.807) is 32.0 Å². The SMILES string of the molecule is CC(C)C[C@@H](NS(=O)(=O)c1cccc(C(F)(F)F)c1)C(=O)NCc1ccc2c(c1)OCO2. The molecule has 2 aromatic rings. The van der Waals surface area contributed by atoms with Crippen LogP contribution in [0.4, 0.5) is 13.2 Å². The smallest absolute Gasteiger partial charge is 0.416 e. The van der Waals surface area contributed by atoms with Crippen molar-refractivity contribution in [3.05, 3.63) is 53.6 Å². The van der Waals surface area contributed by atoms with Crippen molar-refractivity contribution in [1.29, 1.82) is 0 Å². The number of fused-ring (bicyclic) bond motifs is 1. The number of carbonyl (C=O) groups excluding carboxylic acids is 1. The molecule has 1 atom stereocenters. The highest BCUT2D eigenvalue weighted by atomic mass is 32.2. The van der Waals surface area contributed by atoms with Gasteiger partial charge in [0.1, 0.15) is 6.04 Å². The van der Waals surface area contributed by atoms with E-state index in [0.29, 0.717) is 23.1 Å². The van der Waals surface area contributed by atoms with E-state index in [-0.39, 0.29) is 25.7 Å².